The van der Waals surface area contributed by atoms with Gasteiger partial charge in [0.1, 0.15) is 0 Å². The highest BCUT2D eigenvalue weighted by Gasteiger charge is 2.34. The third kappa shape index (κ3) is 3.34. The minimum absolute atomic E-state index is 0.234. The SMILES string of the molecule is N#Cc1cccc(C=Cc2cccc(CN3C(=O)c4ccccc4C3=O)c2)c1. The smallest absolute Gasteiger partial charge is 0.261 e. The van der Waals surface area contributed by atoms with Crippen LogP contribution in [0.5, 0.6) is 0 Å². The fourth-order valence-corrected chi connectivity index (χ4v) is 3.26. The third-order valence-corrected chi connectivity index (χ3v) is 4.65. The van der Waals surface area contributed by atoms with Crippen molar-refractivity contribution in [1.82, 2.24) is 4.90 Å². The Kier molecular flexibility index (Phi) is 4.57. The lowest BCUT2D eigenvalue weighted by Gasteiger charge is -2.14. The molecule has 0 fully saturated rings. The van der Waals surface area contributed by atoms with E-state index >= 15 is 0 Å². The van der Waals surface area contributed by atoms with E-state index in [2.05, 4.69) is 6.07 Å². The van der Waals surface area contributed by atoms with Crippen LogP contribution in [0.25, 0.3) is 12.2 Å². The predicted molar refractivity (Wildman–Crippen MR) is 107 cm³/mol. The molecular weight excluding hydrogens is 348 g/mol. The fourth-order valence-electron chi connectivity index (χ4n) is 3.26. The number of imide groups is 1. The van der Waals surface area contributed by atoms with Crippen LogP contribution in [0.2, 0.25) is 0 Å². The second-order valence-electron chi connectivity index (χ2n) is 6.56. The number of benzene rings is 3. The minimum atomic E-state index is -0.255. The van der Waals surface area contributed by atoms with Gasteiger partial charge in [0.05, 0.1) is 29.3 Å². The summed E-state index contributed by atoms with van der Waals surface area (Å²) < 4.78 is 0. The Bertz CT molecular complexity index is 1120. The summed E-state index contributed by atoms with van der Waals surface area (Å²) in [6.07, 6.45) is 3.88. The molecular formula is C24H16N2O2. The lowest BCUT2D eigenvalue weighted by Crippen LogP contribution is -2.29. The number of nitriles is 1. The van der Waals surface area contributed by atoms with Crippen LogP contribution >= 0.6 is 0 Å². The first-order chi connectivity index (χ1) is 13.7. The van der Waals surface area contributed by atoms with E-state index in [1.165, 1.54) is 4.90 Å². The second kappa shape index (κ2) is 7.34. The lowest BCUT2D eigenvalue weighted by molar-refractivity contribution is 0.0642. The molecule has 134 valence electrons. The molecule has 4 nitrogen and oxygen atoms in total. The maximum Gasteiger partial charge on any atom is 0.261 e. The van der Waals surface area contributed by atoms with Gasteiger partial charge in [0.2, 0.25) is 0 Å². The molecule has 0 atom stereocenters. The Morgan fingerprint density at radius 1 is 0.786 bits per heavy atom. The maximum absolute atomic E-state index is 12.5. The minimum Gasteiger partial charge on any atom is -0.270 e. The van der Waals surface area contributed by atoms with Gasteiger partial charge in [-0.2, -0.15) is 5.26 Å². The zero-order valence-corrected chi connectivity index (χ0v) is 15.0. The molecule has 3 aromatic carbocycles. The molecule has 0 spiro atoms. The zero-order chi connectivity index (χ0) is 19.5. The summed E-state index contributed by atoms with van der Waals surface area (Å²) in [6, 6.07) is 24.1. The van der Waals surface area contributed by atoms with Crippen LogP contribution < -0.4 is 0 Å². The van der Waals surface area contributed by atoms with E-state index in [1.54, 1.807) is 30.3 Å². The van der Waals surface area contributed by atoms with E-state index in [-0.39, 0.29) is 18.4 Å². The van der Waals surface area contributed by atoms with E-state index in [4.69, 9.17) is 5.26 Å². The summed E-state index contributed by atoms with van der Waals surface area (Å²) in [6.45, 7) is 0.234. The zero-order valence-electron chi connectivity index (χ0n) is 15.0. The Hall–Kier alpha value is -3.97. The number of nitrogens with zero attached hydrogens (tertiary/aromatic N) is 2. The number of hydrogen-bond donors (Lipinski definition) is 0. The standard InChI is InChI=1S/C24H16N2O2/c25-15-19-7-3-5-17(13-19)11-12-18-6-4-8-20(14-18)16-26-23(27)21-9-1-2-10-22(21)24(26)28/h1-14H,16H2. The lowest BCUT2D eigenvalue weighted by atomic mass is 10.1. The van der Waals surface area contributed by atoms with Gasteiger partial charge in [-0.1, -0.05) is 54.6 Å². The number of rotatable bonds is 4. The van der Waals surface area contributed by atoms with Crippen molar-refractivity contribution in [2.75, 3.05) is 0 Å². The normalized spacial score (nSPS) is 13.0. The number of fused-ring (bicyclic) bond motifs is 1. The van der Waals surface area contributed by atoms with Crippen molar-refractivity contribution >= 4 is 24.0 Å². The Labute approximate surface area is 163 Å². The molecule has 1 aliphatic rings. The maximum atomic E-state index is 12.5. The quantitative estimate of drug-likeness (QED) is 0.505. The van der Waals surface area contributed by atoms with Gasteiger partial charge in [-0.3, -0.25) is 14.5 Å². The van der Waals surface area contributed by atoms with Gasteiger partial charge in [0, 0.05) is 0 Å². The van der Waals surface area contributed by atoms with Crippen LogP contribution in [0.3, 0.4) is 0 Å². The molecule has 0 saturated carbocycles. The molecule has 4 rings (SSSR count). The average Bonchev–Trinajstić information content (AvgIpc) is 2.98. The Balaban J connectivity index is 1.53. The molecule has 0 radical (unpaired) electrons. The van der Waals surface area contributed by atoms with Crippen molar-refractivity contribution < 1.29 is 9.59 Å². The van der Waals surface area contributed by atoms with Crippen molar-refractivity contribution in [3.8, 4) is 6.07 Å². The summed E-state index contributed by atoms with van der Waals surface area (Å²) in [4.78, 5) is 26.3. The van der Waals surface area contributed by atoms with Crippen molar-refractivity contribution in [2.24, 2.45) is 0 Å². The van der Waals surface area contributed by atoms with E-state index < -0.39 is 0 Å². The van der Waals surface area contributed by atoms with Gasteiger partial charge in [0.25, 0.3) is 11.8 Å². The van der Waals surface area contributed by atoms with Gasteiger partial charge in [0.15, 0.2) is 0 Å². The van der Waals surface area contributed by atoms with Crippen molar-refractivity contribution in [2.45, 2.75) is 6.54 Å². The first kappa shape index (κ1) is 17.4. The summed E-state index contributed by atoms with van der Waals surface area (Å²) in [7, 11) is 0. The molecule has 28 heavy (non-hydrogen) atoms. The Morgan fingerprint density at radius 2 is 1.39 bits per heavy atom. The van der Waals surface area contributed by atoms with E-state index in [1.807, 2.05) is 54.6 Å². The second-order valence-corrected chi connectivity index (χ2v) is 6.56. The van der Waals surface area contributed by atoms with Crippen molar-refractivity contribution in [3.63, 3.8) is 0 Å². The molecule has 0 N–H and O–H groups in total. The molecule has 2 amide bonds. The van der Waals surface area contributed by atoms with E-state index in [0.717, 1.165) is 16.7 Å². The van der Waals surface area contributed by atoms with Gasteiger partial charge < -0.3 is 0 Å². The van der Waals surface area contributed by atoms with Crippen LogP contribution in [-0.4, -0.2) is 16.7 Å². The van der Waals surface area contributed by atoms with Crippen LogP contribution in [0.4, 0.5) is 0 Å². The summed E-state index contributed by atoms with van der Waals surface area (Å²) in [5, 5.41) is 8.99. The largest absolute Gasteiger partial charge is 0.270 e. The first-order valence-corrected chi connectivity index (χ1v) is 8.88. The summed E-state index contributed by atoms with van der Waals surface area (Å²) in [5.74, 6) is -0.510. The van der Waals surface area contributed by atoms with Gasteiger partial charge in [-0.15, -0.1) is 0 Å². The summed E-state index contributed by atoms with van der Waals surface area (Å²) in [5.41, 5.74) is 4.30. The topological polar surface area (TPSA) is 61.2 Å². The van der Waals surface area contributed by atoms with Crippen LogP contribution in [0.1, 0.15) is 43.0 Å². The molecule has 0 aromatic heterocycles. The van der Waals surface area contributed by atoms with Gasteiger partial charge in [-0.05, 0) is 47.0 Å². The molecule has 0 unspecified atom stereocenters. The third-order valence-electron chi connectivity index (χ3n) is 4.65. The molecule has 3 aromatic rings. The van der Waals surface area contributed by atoms with Crippen LogP contribution in [-0.2, 0) is 6.54 Å². The highest BCUT2D eigenvalue weighted by molar-refractivity contribution is 6.21. The molecule has 1 heterocycles. The highest BCUT2D eigenvalue weighted by Crippen LogP contribution is 2.24. The number of carbonyl (C=O) groups is 2. The molecule has 0 saturated heterocycles. The fraction of sp³-hybridized carbons (Fsp3) is 0.0417. The molecule has 0 aliphatic carbocycles. The predicted octanol–water partition coefficient (Wildman–Crippen LogP) is 4.52. The number of hydrogen-bond acceptors (Lipinski definition) is 3. The van der Waals surface area contributed by atoms with Gasteiger partial charge in [-0.25, -0.2) is 0 Å². The highest BCUT2D eigenvalue weighted by atomic mass is 16.2. The van der Waals surface area contributed by atoms with Crippen molar-refractivity contribution in [3.05, 3.63) is 106 Å². The van der Waals surface area contributed by atoms with E-state index in [0.29, 0.717) is 16.7 Å². The number of carbonyl (C=O) groups excluding carboxylic acids is 2. The Morgan fingerprint density at radius 3 is 2.04 bits per heavy atom. The number of amides is 2. The average molecular weight is 364 g/mol. The van der Waals surface area contributed by atoms with E-state index in [9.17, 15) is 9.59 Å². The molecule has 0 bridgehead atoms. The van der Waals surface area contributed by atoms with Crippen LogP contribution in [0, 0.1) is 11.3 Å². The molecule has 1 aliphatic heterocycles. The summed E-state index contributed by atoms with van der Waals surface area (Å²) >= 11 is 0. The molecule has 4 heteroatoms. The monoisotopic (exact) mass is 364 g/mol. The van der Waals surface area contributed by atoms with Crippen molar-refractivity contribution in [1.29, 1.82) is 5.26 Å². The first-order valence-electron chi connectivity index (χ1n) is 8.88. The van der Waals surface area contributed by atoms with Gasteiger partial charge >= 0.3 is 0 Å². The van der Waals surface area contributed by atoms with Crippen LogP contribution in [0.15, 0.2) is 72.8 Å².